The van der Waals surface area contributed by atoms with Crippen LogP contribution in [0, 0.1) is 19.7 Å². The molecule has 1 aromatic carbocycles. The molecule has 2 aromatic rings. The summed E-state index contributed by atoms with van der Waals surface area (Å²) in [5, 5.41) is 0. The molecule has 19 heavy (non-hydrogen) atoms. The van der Waals surface area contributed by atoms with Crippen molar-refractivity contribution in [1.29, 1.82) is 0 Å². The molecule has 2 N–H and O–H groups in total. The third kappa shape index (κ3) is 2.16. The molecular formula is C13H14FN3O2. The number of anilines is 1. The van der Waals surface area contributed by atoms with E-state index in [2.05, 4.69) is 9.72 Å². The number of nitrogens with zero attached hydrogens (tertiary/aromatic N) is 2. The molecule has 0 aliphatic rings. The van der Waals surface area contributed by atoms with E-state index in [-0.39, 0.29) is 17.3 Å². The first-order valence-corrected chi connectivity index (χ1v) is 5.65. The van der Waals surface area contributed by atoms with E-state index < -0.39 is 5.97 Å². The Morgan fingerprint density at radius 1 is 1.42 bits per heavy atom. The van der Waals surface area contributed by atoms with Gasteiger partial charge in [0.05, 0.1) is 7.11 Å². The van der Waals surface area contributed by atoms with Crippen LogP contribution in [0.1, 0.15) is 21.9 Å². The Balaban J connectivity index is 2.59. The van der Waals surface area contributed by atoms with Crippen molar-refractivity contribution in [3.05, 3.63) is 41.1 Å². The first kappa shape index (κ1) is 13.1. The number of hydrogen-bond acceptors (Lipinski definition) is 4. The molecule has 0 amide bonds. The minimum atomic E-state index is -0.599. The molecule has 2 rings (SSSR count). The van der Waals surface area contributed by atoms with Crippen molar-refractivity contribution >= 4 is 11.8 Å². The molecule has 0 fully saturated rings. The summed E-state index contributed by atoms with van der Waals surface area (Å²) in [5.41, 5.74) is 7.10. The molecule has 0 saturated heterocycles. The number of nitrogen functional groups attached to an aromatic ring is 1. The average molecular weight is 263 g/mol. The van der Waals surface area contributed by atoms with Gasteiger partial charge in [-0.15, -0.1) is 0 Å². The number of nitrogens with two attached hydrogens (primary N) is 1. The van der Waals surface area contributed by atoms with Gasteiger partial charge in [0.1, 0.15) is 17.5 Å². The van der Waals surface area contributed by atoms with Gasteiger partial charge < -0.3 is 10.5 Å². The molecule has 100 valence electrons. The van der Waals surface area contributed by atoms with Crippen LogP contribution in [0.3, 0.4) is 0 Å². The summed E-state index contributed by atoms with van der Waals surface area (Å²) >= 11 is 0. The normalized spacial score (nSPS) is 10.5. The molecule has 1 heterocycles. The molecule has 0 radical (unpaired) electrons. The molecule has 0 aliphatic heterocycles. The minimum absolute atomic E-state index is 0.0574. The topological polar surface area (TPSA) is 70.1 Å². The van der Waals surface area contributed by atoms with Gasteiger partial charge in [-0.2, -0.15) is 0 Å². The van der Waals surface area contributed by atoms with Crippen molar-refractivity contribution in [2.75, 3.05) is 12.8 Å². The quantitative estimate of drug-likeness (QED) is 0.841. The number of benzene rings is 1. The number of carbonyl (C=O) groups excluding carboxylic acids is 1. The summed E-state index contributed by atoms with van der Waals surface area (Å²) in [6.07, 6.45) is 0. The monoisotopic (exact) mass is 263 g/mol. The fraction of sp³-hybridized carbons (Fsp3) is 0.231. The van der Waals surface area contributed by atoms with Crippen molar-refractivity contribution in [3.63, 3.8) is 0 Å². The summed E-state index contributed by atoms with van der Waals surface area (Å²) in [4.78, 5) is 15.6. The van der Waals surface area contributed by atoms with Gasteiger partial charge in [-0.1, -0.05) is 0 Å². The lowest BCUT2D eigenvalue weighted by Crippen LogP contribution is -2.08. The number of esters is 1. The van der Waals surface area contributed by atoms with Gasteiger partial charge in [0, 0.05) is 5.69 Å². The van der Waals surface area contributed by atoms with Crippen molar-refractivity contribution < 1.29 is 13.9 Å². The van der Waals surface area contributed by atoms with E-state index in [4.69, 9.17) is 5.73 Å². The van der Waals surface area contributed by atoms with Crippen LogP contribution in [0.4, 0.5) is 10.2 Å². The summed E-state index contributed by atoms with van der Waals surface area (Å²) in [5.74, 6) is -0.189. The van der Waals surface area contributed by atoms with Crippen LogP contribution in [0.2, 0.25) is 0 Å². The molecule has 0 bridgehead atoms. The van der Waals surface area contributed by atoms with Gasteiger partial charge in [0.15, 0.2) is 5.69 Å². The Morgan fingerprint density at radius 3 is 2.68 bits per heavy atom. The molecular weight excluding hydrogens is 249 g/mol. The second-order valence-corrected chi connectivity index (χ2v) is 4.15. The smallest absolute Gasteiger partial charge is 0.360 e. The predicted molar refractivity (Wildman–Crippen MR) is 68.7 cm³/mol. The van der Waals surface area contributed by atoms with Crippen LogP contribution in [-0.2, 0) is 4.74 Å². The first-order chi connectivity index (χ1) is 8.95. The van der Waals surface area contributed by atoms with Crippen molar-refractivity contribution in [2.45, 2.75) is 13.8 Å². The van der Waals surface area contributed by atoms with Gasteiger partial charge in [-0.05, 0) is 37.6 Å². The van der Waals surface area contributed by atoms with E-state index in [0.717, 1.165) is 0 Å². The number of imidazole rings is 1. The third-order valence-electron chi connectivity index (χ3n) is 2.86. The highest BCUT2D eigenvalue weighted by Gasteiger charge is 2.20. The highest BCUT2D eigenvalue weighted by molar-refractivity contribution is 5.92. The van der Waals surface area contributed by atoms with E-state index in [9.17, 15) is 9.18 Å². The van der Waals surface area contributed by atoms with E-state index in [0.29, 0.717) is 17.1 Å². The van der Waals surface area contributed by atoms with Crippen LogP contribution in [0.15, 0.2) is 18.2 Å². The lowest BCUT2D eigenvalue weighted by Gasteiger charge is -2.09. The summed E-state index contributed by atoms with van der Waals surface area (Å²) in [6.45, 7) is 3.37. The first-order valence-electron chi connectivity index (χ1n) is 5.65. The highest BCUT2D eigenvalue weighted by Crippen LogP contribution is 2.22. The van der Waals surface area contributed by atoms with Crippen molar-refractivity contribution in [2.24, 2.45) is 0 Å². The van der Waals surface area contributed by atoms with E-state index in [1.807, 2.05) is 0 Å². The van der Waals surface area contributed by atoms with Gasteiger partial charge in [-0.3, -0.25) is 4.57 Å². The number of hydrogen-bond donors (Lipinski definition) is 1. The number of halogens is 1. The number of methoxy groups -OCH3 is 1. The van der Waals surface area contributed by atoms with Crippen LogP contribution >= 0.6 is 0 Å². The summed E-state index contributed by atoms with van der Waals surface area (Å²) in [7, 11) is 1.26. The Morgan fingerprint density at radius 2 is 2.11 bits per heavy atom. The van der Waals surface area contributed by atoms with Crippen LogP contribution in [-0.4, -0.2) is 22.6 Å². The van der Waals surface area contributed by atoms with E-state index >= 15 is 0 Å². The second kappa shape index (κ2) is 4.72. The fourth-order valence-electron chi connectivity index (χ4n) is 1.89. The highest BCUT2D eigenvalue weighted by atomic mass is 19.1. The van der Waals surface area contributed by atoms with Gasteiger partial charge in [0.2, 0.25) is 0 Å². The second-order valence-electron chi connectivity index (χ2n) is 4.15. The SMILES string of the molecule is COC(=O)c1nc(C)n(-c2ccc(F)c(C)c2)c1N. The predicted octanol–water partition coefficient (Wildman–Crippen LogP) is 2.00. The van der Waals surface area contributed by atoms with Crippen LogP contribution < -0.4 is 5.73 Å². The number of ether oxygens (including phenoxy) is 1. The average Bonchev–Trinajstić information content (AvgIpc) is 2.68. The van der Waals surface area contributed by atoms with E-state index in [1.54, 1.807) is 30.5 Å². The Kier molecular flexibility index (Phi) is 3.25. The lowest BCUT2D eigenvalue weighted by atomic mass is 10.2. The van der Waals surface area contributed by atoms with E-state index in [1.165, 1.54) is 13.2 Å². The molecule has 0 saturated carbocycles. The maximum absolute atomic E-state index is 13.3. The van der Waals surface area contributed by atoms with Crippen LogP contribution in [0.5, 0.6) is 0 Å². The Hall–Kier alpha value is -2.37. The molecule has 1 aromatic heterocycles. The Bertz CT molecular complexity index is 650. The third-order valence-corrected chi connectivity index (χ3v) is 2.86. The summed E-state index contributed by atoms with van der Waals surface area (Å²) in [6, 6.07) is 4.57. The zero-order valence-corrected chi connectivity index (χ0v) is 10.9. The zero-order chi connectivity index (χ0) is 14.2. The van der Waals surface area contributed by atoms with Gasteiger partial charge in [0.25, 0.3) is 0 Å². The molecule has 0 spiro atoms. The standard InChI is InChI=1S/C13H14FN3O2/c1-7-6-9(4-5-10(7)14)17-8(2)16-11(12(17)15)13(18)19-3/h4-6H,15H2,1-3H3. The van der Waals surface area contributed by atoms with Crippen molar-refractivity contribution in [1.82, 2.24) is 9.55 Å². The summed E-state index contributed by atoms with van der Waals surface area (Å²) < 4.78 is 19.5. The van der Waals surface area contributed by atoms with Crippen molar-refractivity contribution in [3.8, 4) is 5.69 Å². The molecule has 5 nitrogen and oxygen atoms in total. The van der Waals surface area contributed by atoms with Gasteiger partial charge in [-0.25, -0.2) is 14.2 Å². The van der Waals surface area contributed by atoms with Gasteiger partial charge >= 0.3 is 5.97 Å². The zero-order valence-electron chi connectivity index (χ0n) is 10.9. The largest absolute Gasteiger partial charge is 0.464 e. The number of rotatable bonds is 2. The molecule has 0 aliphatic carbocycles. The molecule has 0 unspecified atom stereocenters. The molecule has 0 atom stereocenters. The molecule has 6 heteroatoms. The number of aryl methyl sites for hydroxylation is 2. The maximum atomic E-state index is 13.3. The maximum Gasteiger partial charge on any atom is 0.360 e. The minimum Gasteiger partial charge on any atom is -0.464 e. The van der Waals surface area contributed by atoms with Crippen LogP contribution in [0.25, 0.3) is 5.69 Å². The fourth-order valence-corrected chi connectivity index (χ4v) is 1.89. The number of carbonyl (C=O) groups is 1. The number of aromatic nitrogens is 2. The Labute approximate surface area is 109 Å². The lowest BCUT2D eigenvalue weighted by molar-refractivity contribution is 0.0596.